The van der Waals surface area contributed by atoms with Gasteiger partial charge in [-0.05, 0) is 37.8 Å². The van der Waals surface area contributed by atoms with Gasteiger partial charge in [-0.2, -0.15) is 0 Å². The molecule has 1 aromatic carbocycles. The summed E-state index contributed by atoms with van der Waals surface area (Å²) in [4.78, 5) is 0. The molecule has 1 atom stereocenters. The Balaban J connectivity index is 1.96. The van der Waals surface area contributed by atoms with Crippen molar-refractivity contribution in [3.05, 3.63) is 29.8 Å². The van der Waals surface area contributed by atoms with Crippen LogP contribution in [-0.4, -0.2) is 31.0 Å². The Morgan fingerprint density at radius 1 is 1.29 bits per heavy atom. The van der Waals surface area contributed by atoms with Crippen molar-refractivity contribution in [2.24, 2.45) is 5.92 Å². The standard InChI is InChI=1S/C14H21NO2/c1-11-2-4-13(5-3-11)15-14(10-16)12-6-8-17-9-7-12/h2-5,12,14-16H,6-10H2,1H3. The summed E-state index contributed by atoms with van der Waals surface area (Å²) in [6.07, 6.45) is 2.06. The van der Waals surface area contributed by atoms with Crippen molar-refractivity contribution in [1.29, 1.82) is 0 Å². The minimum absolute atomic E-state index is 0.140. The Bertz CT molecular complexity index is 331. The van der Waals surface area contributed by atoms with Crippen LogP contribution in [0.5, 0.6) is 0 Å². The summed E-state index contributed by atoms with van der Waals surface area (Å²) < 4.78 is 5.35. The Kier molecular flexibility index (Phi) is 4.40. The van der Waals surface area contributed by atoms with Gasteiger partial charge in [-0.25, -0.2) is 0 Å². The third-order valence-electron chi connectivity index (χ3n) is 3.44. The number of rotatable bonds is 4. The Morgan fingerprint density at radius 3 is 2.53 bits per heavy atom. The molecule has 0 aliphatic carbocycles. The lowest BCUT2D eigenvalue weighted by Crippen LogP contribution is -2.36. The molecule has 1 heterocycles. The van der Waals surface area contributed by atoms with Gasteiger partial charge in [0.25, 0.3) is 0 Å². The summed E-state index contributed by atoms with van der Waals surface area (Å²) in [5.41, 5.74) is 2.34. The molecule has 0 saturated carbocycles. The molecule has 17 heavy (non-hydrogen) atoms. The van der Waals surface area contributed by atoms with Gasteiger partial charge in [0.15, 0.2) is 0 Å². The smallest absolute Gasteiger partial charge is 0.0635 e. The second-order valence-electron chi connectivity index (χ2n) is 4.75. The zero-order chi connectivity index (χ0) is 12.1. The lowest BCUT2D eigenvalue weighted by molar-refractivity contribution is 0.0534. The van der Waals surface area contributed by atoms with E-state index < -0.39 is 0 Å². The molecule has 3 heteroatoms. The first-order valence-corrected chi connectivity index (χ1v) is 6.31. The average Bonchev–Trinajstić information content (AvgIpc) is 2.39. The number of aliphatic hydroxyl groups is 1. The van der Waals surface area contributed by atoms with Gasteiger partial charge in [-0.15, -0.1) is 0 Å². The fourth-order valence-electron chi connectivity index (χ4n) is 2.29. The monoisotopic (exact) mass is 235 g/mol. The predicted octanol–water partition coefficient (Wildman–Crippen LogP) is 2.19. The van der Waals surface area contributed by atoms with Gasteiger partial charge in [0.2, 0.25) is 0 Å². The molecular weight excluding hydrogens is 214 g/mol. The average molecular weight is 235 g/mol. The van der Waals surface area contributed by atoms with Gasteiger partial charge >= 0.3 is 0 Å². The number of nitrogens with one attached hydrogen (secondary N) is 1. The number of aryl methyl sites for hydroxylation is 1. The van der Waals surface area contributed by atoms with Crippen LogP contribution in [-0.2, 0) is 4.74 Å². The van der Waals surface area contributed by atoms with Crippen LogP contribution in [0.25, 0.3) is 0 Å². The van der Waals surface area contributed by atoms with Crippen molar-refractivity contribution in [1.82, 2.24) is 0 Å². The van der Waals surface area contributed by atoms with E-state index in [9.17, 15) is 5.11 Å². The lowest BCUT2D eigenvalue weighted by atomic mass is 9.92. The van der Waals surface area contributed by atoms with Gasteiger partial charge in [0, 0.05) is 18.9 Å². The van der Waals surface area contributed by atoms with E-state index in [0.717, 1.165) is 31.7 Å². The van der Waals surface area contributed by atoms with Crippen molar-refractivity contribution in [3.8, 4) is 0 Å². The molecule has 0 bridgehead atoms. The van der Waals surface area contributed by atoms with Crippen molar-refractivity contribution in [2.75, 3.05) is 25.1 Å². The fourth-order valence-corrected chi connectivity index (χ4v) is 2.29. The van der Waals surface area contributed by atoms with Crippen LogP contribution in [0.15, 0.2) is 24.3 Å². The SMILES string of the molecule is Cc1ccc(NC(CO)C2CCOCC2)cc1. The first-order valence-electron chi connectivity index (χ1n) is 6.31. The van der Waals surface area contributed by atoms with E-state index in [1.807, 2.05) is 0 Å². The molecule has 1 aliphatic heterocycles. The van der Waals surface area contributed by atoms with Gasteiger partial charge in [-0.3, -0.25) is 0 Å². The number of benzene rings is 1. The van der Waals surface area contributed by atoms with Gasteiger partial charge in [0.1, 0.15) is 0 Å². The molecule has 1 saturated heterocycles. The Hall–Kier alpha value is -1.06. The molecule has 0 spiro atoms. The first kappa shape index (κ1) is 12.4. The Morgan fingerprint density at radius 2 is 1.94 bits per heavy atom. The molecule has 2 rings (SSSR count). The van der Waals surface area contributed by atoms with E-state index in [1.54, 1.807) is 0 Å². The number of hydrogen-bond acceptors (Lipinski definition) is 3. The maximum absolute atomic E-state index is 9.49. The van der Waals surface area contributed by atoms with Gasteiger partial charge in [0.05, 0.1) is 12.6 Å². The maximum Gasteiger partial charge on any atom is 0.0635 e. The second kappa shape index (κ2) is 6.03. The molecule has 2 N–H and O–H groups in total. The van der Waals surface area contributed by atoms with Crippen molar-refractivity contribution >= 4 is 5.69 Å². The number of aliphatic hydroxyl groups excluding tert-OH is 1. The minimum Gasteiger partial charge on any atom is -0.394 e. The van der Waals surface area contributed by atoms with Gasteiger partial charge < -0.3 is 15.2 Å². The molecular formula is C14H21NO2. The number of anilines is 1. The van der Waals surface area contributed by atoms with E-state index in [-0.39, 0.29) is 12.6 Å². The highest BCUT2D eigenvalue weighted by molar-refractivity contribution is 5.45. The molecule has 0 aromatic heterocycles. The summed E-state index contributed by atoms with van der Waals surface area (Å²) in [6.45, 7) is 3.89. The fraction of sp³-hybridized carbons (Fsp3) is 0.571. The lowest BCUT2D eigenvalue weighted by Gasteiger charge is -2.30. The topological polar surface area (TPSA) is 41.5 Å². The highest BCUT2D eigenvalue weighted by Gasteiger charge is 2.23. The molecule has 3 nitrogen and oxygen atoms in total. The second-order valence-corrected chi connectivity index (χ2v) is 4.75. The molecule has 1 aromatic rings. The summed E-state index contributed by atoms with van der Waals surface area (Å²) in [7, 11) is 0. The highest BCUT2D eigenvalue weighted by Crippen LogP contribution is 2.22. The van der Waals surface area contributed by atoms with Crippen LogP contribution in [0.3, 0.4) is 0 Å². The number of hydrogen-bond donors (Lipinski definition) is 2. The molecule has 0 radical (unpaired) electrons. The molecule has 0 amide bonds. The van der Waals surface area contributed by atoms with Crippen LogP contribution in [0.1, 0.15) is 18.4 Å². The van der Waals surface area contributed by atoms with E-state index in [4.69, 9.17) is 4.74 Å². The van der Waals surface area contributed by atoms with E-state index in [0.29, 0.717) is 5.92 Å². The van der Waals surface area contributed by atoms with Crippen LogP contribution in [0.4, 0.5) is 5.69 Å². The normalized spacial score (nSPS) is 18.9. The quantitative estimate of drug-likeness (QED) is 0.840. The van der Waals surface area contributed by atoms with Crippen LogP contribution < -0.4 is 5.32 Å². The minimum atomic E-state index is 0.140. The zero-order valence-corrected chi connectivity index (χ0v) is 10.4. The summed E-state index contributed by atoms with van der Waals surface area (Å²) in [6, 6.07) is 8.44. The Labute approximate surface area is 103 Å². The highest BCUT2D eigenvalue weighted by atomic mass is 16.5. The third kappa shape index (κ3) is 3.45. The van der Waals surface area contributed by atoms with Crippen molar-refractivity contribution < 1.29 is 9.84 Å². The molecule has 1 fully saturated rings. The molecule has 1 aliphatic rings. The summed E-state index contributed by atoms with van der Waals surface area (Å²) >= 11 is 0. The summed E-state index contributed by atoms with van der Waals surface area (Å²) in [5, 5.41) is 12.9. The van der Waals surface area contributed by atoms with E-state index in [2.05, 4.69) is 36.5 Å². The van der Waals surface area contributed by atoms with Crippen molar-refractivity contribution in [2.45, 2.75) is 25.8 Å². The predicted molar refractivity (Wildman–Crippen MR) is 69.2 cm³/mol. The van der Waals surface area contributed by atoms with Gasteiger partial charge in [-0.1, -0.05) is 17.7 Å². The number of ether oxygens (including phenoxy) is 1. The van der Waals surface area contributed by atoms with Crippen LogP contribution in [0.2, 0.25) is 0 Å². The van der Waals surface area contributed by atoms with Crippen molar-refractivity contribution in [3.63, 3.8) is 0 Å². The van der Waals surface area contributed by atoms with E-state index >= 15 is 0 Å². The zero-order valence-electron chi connectivity index (χ0n) is 10.4. The first-order chi connectivity index (χ1) is 8.29. The van der Waals surface area contributed by atoms with E-state index in [1.165, 1.54) is 5.56 Å². The van der Waals surface area contributed by atoms with Crippen LogP contribution >= 0.6 is 0 Å². The van der Waals surface area contributed by atoms with Crippen LogP contribution in [0, 0.1) is 12.8 Å². The summed E-state index contributed by atoms with van der Waals surface area (Å²) in [5.74, 6) is 0.509. The largest absolute Gasteiger partial charge is 0.394 e. The molecule has 94 valence electrons. The maximum atomic E-state index is 9.49. The molecule has 1 unspecified atom stereocenters. The third-order valence-corrected chi connectivity index (χ3v) is 3.44.